The fourth-order valence-corrected chi connectivity index (χ4v) is 1.77. The van der Waals surface area contributed by atoms with Crippen LogP contribution in [-0.2, 0) is 7.05 Å². The summed E-state index contributed by atoms with van der Waals surface area (Å²) < 4.78 is 6.57. The highest BCUT2D eigenvalue weighted by Gasteiger charge is 2.26. The fraction of sp³-hybridized carbons (Fsp3) is 0.250. The summed E-state index contributed by atoms with van der Waals surface area (Å²) in [6, 6.07) is 4.82. The molecule has 0 fully saturated rings. The minimum atomic E-state index is -0.569. The number of phenolic OH excluding ortho intramolecular Hbond substituents is 1. The lowest BCUT2D eigenvalue weighted by atomic mass is 10.2. The molecule has 1 N–H and O–H groups in total. The van der Waals surface area contributed by atoms with E-state index in [1.807, 2.05) is 6.92 Å². The standard InChI is InChI=1S/C12H13N3O4/c1-7-4-5-10(9(16)6-7)19-11-8(2)13-14(3)12(11)15(17)18/h4-6,16H,1-3H3. The van der Waals surface area contributed by atoms with Crippen molar-refractivity contribution in [2.45, 2.75) is 13.8 Å². The predicted molar refractivity (Wildman–Crippen MR) is 67.5 cm³/mol. The van der Waals surface area contributed by atoms with Crippen LogP contribution < -0.4 is 4.74 Å². The summed E-state index contributed by atoms with van der Waals surface area (Å²) in [5.41, 5.74) is 1.25. The maximum Gasteiger partial charge on any atom is 0.388 e. The molecule has 100 valence electrons. The van der Waals surface area contributed by atoms with Crippen LogP contribution in [0.25, 0.3) is 0 Å². The lowest BCUT2D eigenvalue weighted by Crippen LogP contribution is -1.99. The number of hydrogen-bond acceptors (Lipinski definition) is 5. The van der Waals surface area contributed by atoms with Crippen LogP contribution in [0.1, 0.15) is 11.3 Å². The fourth-order valence-electron chi connectivity index (χ4n) is 1.77. The second-order valence-corrected chi connectivity index (χ2v) is 4.19. The van der Waals surface area contributed by atoms with Crippen LogP contribution in [0.3, 0.4) is 0 Å². The molecule has 1 aromatic heterocycles. The van der Waals surface area contributed by atoms with Crippen molar-refractivity contribution in [1.82, 2.24) is 9.78 Å². The maximum atomic E-state index is 11.0. The number of benzene rings is 1. The number of aryl methyl sites for hydroxylation is 3. The Morgan fingerprint density at radius 3 is 2.68 bits per heavy atom. The highest BCUT2D eigenvalue weighted by molar-refractivity contribution is 5.50. The topological polar surface area (TPSA) is 90.4 Å². The largest absolute Gasteiger partial charge is 0.504 e. The monoisotopic (exact) mass is 263 g/mol. The maximum absolute atomic E-state index is 11.0. The molecule has 0 saturated carbocycles. The Morgan fingerprint density at radius 2 is 2.11 bits per heavy atom. The summed E-state index contributed by atoms with van der Waals surface area (Å²) in [5.74, 6) is -0.133. The van der Waals surface area contributed by atoms with Crippen molar-refractivity contribution in [3.05, 3.63) is 39.6 Å². The van der Waals surface area contributed by atoms with Gasteiger partial charge in [0.05, 0.1) is 0 Å². The van der Waals surface area contributed by atoms with Gasteiger partial charge in [0.2, 0.25) is 5.75 Å². The number of ether oxygens (including phenoxy) is 1. The van der Waals surface area contributed by atoms with Gasteiger partial charge in [-0.25, -0.2) is 0 Å². The number of hydrogen-bond donors (Lipinski definition) is 1. The predicted octanol–water partition coefficient (Wildman–Crippen LogP) is 2.44. The van der Waals surface area contributed by atoms with Crippen molar-refractivity contribution in [3.63, 3.8) is 0 Å². The van der Waals surface area contributed by atoms with E-state index in [2.05, 4.69) is 5.10 Å². The Hall–Kier alpha value is -2.57. The van der Waals surface area contributed by atoms with Crippen LogP contribution in [0.5, 0.6) is 17.2 Å². The molecule has 7 nitrogen and oxygen atoms in total. The van der Waals surface area contributed by atoms with Gasteiger partial charge in [0.1, 0.15) is 12.7 Å². The van der Waals surface area contributed by atoms with Gasteiger partial charge in [-0.2, -0.15) is 0 Å². The highest BCUT2D eigenvalue weighted by atomic mass is 16.6. The normalized spacial score (nSPS) is 10.5. The highest BCUT2D eigenvalue weighted by Crippen LogP contribution is 2.37. The van der Waals surface area contributed by atoms with Crippen LogP contribution in [-0.4, -0.2) is 19.8 Å². The van der Waals surface area contributed by atoms with E-state index in [1.54, 1.807) is 19.1 Å². The minimum absolute atomic E-state index is 0.0339. The zero-order chi connectivity index (χ0) is 14.2. The van der Waals surface area contributed by atoms with Crippen molar-refractivity contribution in [1.29, 1.82) is 0 Å². The molecule has 0 atom stereocenters. The van der Waals surface area contributed by atoms with E-state index in [1.165, 1.54) is 13.1 Å². The molecule has 1 heterocycles. The molecule has 7 heteroatoms. The number of aromatic hydroxyl groups is 1. The first-order valence-corrected chi connectivity index (χ1v) is 5.55. The summed E-state index contributed by atoms with van der Waals surface area (Å²) >= 11 is 0. The summed E-state index contributed by atoms with van der Waals surface area (Å²) in [4.78, 5) is 10.4. The Balaban J connectivity index is 2.46. The summed E-state index contributed by atoms with van der Waals surface area (Å²) in [6.45, 7) is 3.43. The number of phenols is 1. The molecule has 0 saturated heterocycles. The second kappa shape index (κ2) is 4.60. The van der Waals surface area contributed by atoms with E-state index in [0.717, 1.165) is 10.2 Å². The molecule has 2 aromatic rings. The van der Waals surface area contributed by atoms with Crippen molar-refractivity contribution < 1.29 is 14.8 Å². The SMILES string of the molecule is Cc1ccc(Oc2c(C)nn(C)c2[N+](=O)[O-])c(O)c1. The van der Waals surface area contributed by atoms with Crippen LogP contribution in [0.4, 0.5) is 5.82 Å². The lowest BCUT2D eigenvalue weighted by molar-refractivity contribution is -0.393. The van der Waals surface area contributed by atoms with E-state index < -0.39 is 4.92 Å². The van der Waals surface area contributed by atoms with Crippen LogP contribution in [0.15, 0.2) is 18.2 Å². The molecule has 0 aliphatic heterocycles. The third-order valence-electron chi connectivity index (χ3n) is 2.64. The Morgan fingerprint density at radius 1 is 1.42 bits per heavy atom. The average molecular weight is 263 g/mol. The van der Waals surface area contributed by atoms with Gasteiger partial charge in [-0.3, -0.25) is 0 Å². The van der Waals surface area contributed by atoms with E-state index in [4.69, 9.17) is 4.74 Å². The van der Waals surface area contributed by atoms with Gasteiger partial charge in [0.25, 0.3) is 0 Å². The molecular weight excluding hydrogens is 250 g/mol. The Kier molecular flexibility index (Phi) is 3.12. The molecule has 0 spiro atoms. The third-order valence-corrected chi connectivity index (χ3v) is 2.64. The first-order valence-electron chi connectivity index (χ1n) is 5.55. The van der Waals surface area contributed by atoms with Gasteiger partial charge < -0.3 is 20.0 Å². The second-order valence-electron chi connectivity index (χ2n) is 4.19. The Bertz CT molecular complexity index is 649. The van der Waals surface area contributed by atoms with Gasteiger partial charge in [-0.05, 0) is 36.5 Å². The quantitative estimate of drug-likeness (QED) is 0.678. The van der Waals surface area contributed by atoms with E-state index in [0.29, 0.717) is 5.69 Å². The van der Waals surface area contributed by atoms with Crippen LogP contribution >= 0.6 is 0 Å². The van der Waals surface area contributed by atoms with Gasteiger partial charge in [0.15, 0.2) is 11.5 Å². The van der Waals surface area contributed by atoms with Crippen molar-refractivity contribution in [2.24, 2.45) is 7.05 Å². The van der Waals surface area contributed by atoms with E-state index >= 15 is 0 Å². The number of nitrogens with zero attached hydrogens (tertiary/aromatic N) is 3. The van der Waals surface area contributed by atoms with Crippen LogP contribution in [0, 0.1) is 24.0 Å². The lowest BCUT2D eigenvalue weighted by Gasteiger charge is -2.07. The zero-order valence-corrected chi connectivity index (χ0v) is 10.7. The van der Waals surface area contributed by atoms with Gasteiger partial charge in [0, 0.05) is 0 Å². The molecule has 19 heavy (non-hydrogen) atoms. The molecule has 1 aromatic carbocycles. The summed E-state index contributed by atoms with van der Waals surface area (Å²) in [5, 5.41) is 24.7. The van der Waals surface area contributed by atoms with E-state index in [-0.39, 0.29) is 23.1 Å². The van der Waals surface area contributed by atoms with Crippen LogP contribution in [0.2, 0.25) is 0 Å². The molecule has 0 aliphatic carbocycles. The summed E-state index contributed by atoms with van der Waals surface area (Å²) in [7, 11) is 1.47. The van der Waals surface area contributed by atoms with Crippen molar-refractivity contribution in [2.75, 3.05) is 0 Å². The van der Waals surface area contributed by atoms with Crippen molar-refractivity contribution in [3.8, 4) is 17.2 Å². The molecule has 0 radical (unpaired) electrons. The first-order chi connectivity index (χ1) is 8.90. The van der Waals surface area contributed by atoms with Gasteiger partial charge >= 0.3 is 5.82 Å². The average Bonchev–Trinajstić information content (AvgIpc) is 2.57. The van der Waals surface area contributed by atoms with Crippen molar-refractivity contribution >= 4 is 5.82 Å². The van der Waals surface area contributed by atoms with Gasteiger partial charge in [-0.1, -0.05) is 11.2 Å². The molecule has 0 amide bonds. The molecule has 0 aliphatic rings. The Labute approximate surface area is 109 Å². The van der Waals surface area contributed by atoms with Gasteiger partial charge in [-0.15, -0.1) is 4.68 Å². The molecule has 0 bridgehead atoms. The minimum Gasteiger partial charge on any atom is -0.504 e. The smallest absolute Gasteiger partial charge is 0.388 e. The summed E-state index contributed by atoms with van der Waals surface area (Å²) in [6.07, 6.45) is 0. The third kappa shape index (κ3) is 2.35. The van der Waals surface area contributed by atoms with E-state index in [9.17, 15) is 15.2 Å². The first kappa shape index (κ1) is 12.9. The molecule has 0 unspecified atom stereocenters. The number of aromatic nitrogens is 2. The molecular formula is C12H13N3O4. The number of rotatable bonds is 3. The molecule has 2 rings (SSSR count). The number of nitro groups is 1. The zero-order valence-electron chi connectivity index (χ0n) is 10.7.